The van der Waals surface area contributed by atoms with Gasteiger partial charge in [0.1, 0.15) is 11.3 Å². The average molecular weight is 220 g/mol. The lowest BCUT2D eigenvalue weighted by molar-refractivity contribution is -0.154. The van der Waals surface area contributed by atoms with E-state index in [9.17, 15) is 9.90 Å². The molecule has 1 N–H and O–H groups in total. The number of fused-ring (bicyclic) bond motifs is 1. The minimum Gasteiger partial charge on any atom is -0.464 e. The van der Waals surface area contributed by atoms with Gasteiger partial charge in [-0.05, 0) is 19.1 Å². The van der Waals surface area contributed by atoms with Gasteiger partial charge in [-0.3, -0.25) is 0 Å². The topological polar surface area (TPSA) is 59.7 Å². The Morgan fingerprint density at radius 3 is 2.94 bits per heavy atom. The lowest BCUT2D eigenvalue weighted by Crippen LogP contribution is -2.14. The van der Waals surface area contributed by atoms with Crippen molar-refractivity contribution in [3.63, 3.8) is 0 Å². The fourth-order valence-corrected chi connectivity index (χ4v) is 1.47. The van der Waals surface area contributed by atoms with Crippen molar-refractivity contribution in [2.24, 2.45) is 0 Å². The summed E-state index contributed by atoms with van der Waals surface area (Å²) in [6, 6.07) is 8.94. The van der Waals surface area contributed by atoms with E-state index in [2.05, 4.69) is 0 Å². The highest BCUT2D eigenvalue weighted by atomic mass is 16.5. The first-order chi connectivity index (χ1) is 7.72. The maximum absolute atomic E-state index is 11.3. The molecule has 84 valence electrons. The van der Waals surface area contributed by atoms with E-state index in [1.165, 1.54) is 0 Å². The van der Waals surface area contributed by atoms with E-state index < -0.39 is 12.1 Å². The van der Waals surface area contributed by atoms with Crippen LogP contribution in [0.1, 0.15) is 18.8 Å². The summed E-state index contributed by atoms with van der Waals surface area (Å²) in [5, 5.41) is 10.5. The largest absolute Gasteiger partial charge is 0.464 e. The molecule has 0 unspecified atom stereocenters. The number of aliphatic hydroxyl groups excluding tert-OH is 1. The van der Waals surface area contributed by atoms with Crippen LogP contribution in [-0.4, -0.2) is 17.7 Å². The van der Waals surface area contributed by atoms with Gasteiger partial charge in [0.05, 0.1) is 6.61 Å². The second-order valence-electron chi connectivity index (χ2n) is 3.34. The van der Waals surface area contributed by atoms with Gasteiger partial charge >= 0.3 is 5.97 Å². The molecule has 0 radical (unpaired) electrons. The molecule has 0 aliphatic heterocycles. The van der Waals surface area contributed by atoms with Crippen molar-refractivity contribution in [1.29, 1.82) is 0 Å². The number of hydrogen-bond acceptors (Lipinski definition) is 4. The Hall–Kier alpha value is -1.81. The van der Waals surface area contributed by atoms with Crippen LogP contribution in [0, 0.1) is 0 Å². The molecule has 0 saturated carbocycles. The van der Waals surface area contributed by atoms with Crippen LogP contribution in [0.2, 0.25) is 0 Å². The highest BCUT2D eigenvalue weighted by Crippen LogP contribution is 2.24. The van der Waals surface area contributed by atoms with E-state index in [-0.39, 0.29) is 12.4 Å². The molecule has 1 atom stereocenters. The number of esters is 1. The molecule has 0 bridgehead atoms. The molecule has 16 heavy (non-hydrogen) atoms. The molecule has 0 amide bonds. The van der Waals surface area contributed by atoms with Crippen molar-refractivity contribution in [1.82, 2.24) is 0 Å². The van der Waals surface area contributed by atoms with Crippen molar-refractivity contribution < 1.29 is 19.1 Å². The van der Waals surface area contributed by atoms with Gasteiger partial charge in [0.15, 0.2) is 0 Å². The number of rotatable bonds is 3. The first-order valence-electron chi connectivity index (χ1n) is 5.05. The number of carbonyl (C=O) groups excluding carboxylic acids is 1. The van der Waals surface area contributed by atoms with Crippen LogP contribution in [0.4, 0.5) is 0 Å². The normalized spacial score (nSPS) is 12.6. The molecule has 0 aliphatic rings. The lowest BCUT2D eigenvalue weighted by Gasteiger charge is -2.05. The molecular weight excluding hydrogens is 208 g/mol. The van der Waals surface area contributed by atoms with Gasteiger partial charge in [0, 0.05) is 5.39 Å². The van der Waals surface area contributed by atoms with Crippen LogP contribution in [-0.2, 0) is 9.53 Å². The number of hydrogen-bond donors (Lipinski definition) is 1. The molecule has 1 aromatic carbocycles. The summed E-state index contributed by atoms with van der Waals surface area (Å²) in [4.78, 5) is 11.3. The van der Waals surface area contributed by atoms with Gasteiger partial charge in [0.25, 0.3) is 0 Å². The lowest BCUT2D eigenvalue weighted by atomic mass is 10.2. The fourth-order valence-electron chi connectivity index (χ4n) is 1.47. The Bertz CT molecular complexity index is 467. The van der Waals surface area contributed by atoms with Crippen LogP contribution < -0.4 is 0 Å². The summed E-state index contributed by atoms with van der Waals surface area (Å²) >= 11 is 0. The maximum atomic E-state index is 11.3. The smallest absolute Gasteiger partial charge is 0.342 e. The molecule has 1 aromatic heterocycles. The second-order valence-corrected chi connectivity index (χ2v) is 3.34. The molecule has 0 saturated heterocycles. The van der Waals surface area contributed by atoms with Crippen molar-refractivity contribution in [2.75, 3.05) is 6.61 Å². The Labute approximate surface area is 92.4 Å². The molecular formula is C12H12O4. The zero-order valence-corrected chi connectivity index (χ0v) is 8.84. The zero-order valence-electron chi connectivity index (χ0n) is 8.84. The predicted molar refractivity (Wildman–Crippen MR) is 57.8 cm³/mol. The van der Waals surface area contributed by atoms with Crippen LogP contribution in [0.3, 0.4) is 0 Å². The third-order valence-corrected chi connectivity index (χ3v) is 2.22. The average Bonchev–Trinajstić information content (AvgIpc) is 2.71. The van der Waals surface area contributed by atoms with Gasteiger partial charge in [0.2, 0.25) is 6.10 Å². The number of benzene rings is 1. The van der Waals surface area contributed by atoms with Crippen LogP contribution in [0.25, 0.3) is 11.0 Å². The predicted octanol–water partition coefficient (Wildman–Crippen LogP) is 2.03. The summed E-state index contributed by atoms with van der Waals surface area (Å²) in [7, 11) is 0. The molecule has 2 aromatic rings. The summed E-state index contributed by atoms with van der Waals surface area (Å²) in [5.41, 5.74) is 0.640. The minimum atomic E-state index is -1.35. The van der Waals surface area contributed by atoms with E-state index in [0.29, 0.717) is 5.58 Å². The Kier molecular flexibility index (Phi) is 2.92. The standard InChI is InChI=1S/C12H12O4/c1-2-15-12(14)11(13)10-7-8-5-3-4-6-9(8)16-10/h3-7,11,13H,2H2,1H3/t11-/m0/s1. The first kappa shape index (κ1) is 10.7. The van der Waals surface area contributed by atoms with E-state index >= 15 is 0 Å². The van der Waals surface area contributed by atoms with Gasteiger partial charge in [-0.25, -0.2) is 4.79 Å². The molecule has 0 fully saturated rings. The van der Waals surface area contributed by atoms with Gasteiger partial charge < -0.3 is 14.3 Å². The van der Waals surface area contributed by atoms with Crippen LogP contribution >= 0.6 is 0 Å². The number of carbonyl (C=O) groups is 1. The zero-order chi connectivity index (χ0) is 11.5. The molecule has 4 nitrogen and oxygen atoms in total. The summed E-state index contributed by atoms with van der Waals surface area (Å²) in [5.74, 6) is -0.485. The number of furan rings is 1. The van der Waals surface area contributed by atoms with Crippen LogP contribution in [0.5, 0.6) is 0 Å². The molecule has 2 rings (SSSR count). The summed E-state index contributed by atoms with van der Waals surface area (Å²) in [6.07, 6.45) is -1.35. The molecule has 1 heterocycles. The molecule has 0 spiro atoms. The third kappa shape index (κ3) is 1.92. The Balaban J connectivity index is 2.29. The number of aliphatic hydroxyl groups is 1. The summed E-state index contributed by atoms with van der Waals surface area (Å²) < 4.78 is 10.1. The monoisotopic (exact) mass is 220 g/mol. The Morgan fingerprint density at radius 1 is 1.50 bits per heavy atom. The molecule has 4 heteroatoms. The highest BCUT2D eigenvalue weighted by molar-refractivity contribution is 5.81. The van der Waals surface area contributed by atoms with Crippen molar-refractivity contribution >= 4 is 16.9 Å². The van der Waals surface area contributed by atoms with E-state index in [4.69, 9.17) is 9.15 Å². The Morgan fingerprint density at radius 2 is 2.25 bits per heavy atom. The van der Waals surface area contributed by atoms with Gasteiger partial charge in [-0.1, -0.05) is 18.2 Å². The van der Waals surface area contributed by atoms with Gasteiger partial charge in [-0.15, -0.1) is 0 Å². The van der Waals surface area contributed by atoms with E-state index in [1.54, 1.807) is 19.1 Å². The third-order valence-electron chi connectivity index (χ3n) is 2.22. The molecule has 0 aliphatic carbocycles. The number of ether oxygens (including phenoxy) is 1. The van der Waals surface area contributed by atoms with Crippen LogP contribution in [0.15, 0.2) is 34.7 Å². The van der Waals surface area contributed by atoms with Crippen molar-refractivity contribution in [2.45, 2.75) is 13.0 Å². The second kappa shape index (κ2) is 4.37. The fraction of sp³-hybridized carbons (Fsp3) is 0.250. The van der Waals surface area contributed by atoms with E-state index in [0.717, 1.165) is 5.39 Å². The van der Waals surface area contributed by atoms with E-state index in [1.807, 2.05) is 18.2 Å². The van der Waals surface area contributed by atoms with Gasteiger partial charge in [-0.2, -0.15) is 0 Å². The highest BCUT2D eigenvalue weighted by Gasteiger charge is 2.22. The summed E-state index contributed by atoms with van der Waals surface area (Å²) in [6.45, 7) is 1.92. The van der Waals surface area contributed by atoms with Crippen molar-refractivity contribution in [3.8, 4) is 0 Å². The minimum absolute atomic E-state index is 0.208. The number of para-hydroxylation sites is 1. The quantitative estimate of drug-likeness (QED) is 0.804. The maximum Gasteiger partial charge on any atom is 0.342 e. The SMILES string of the molecule is CCOC(=O)[C@@H](O)c1cc2ccccc2o1. The van der Waals surface area contributed by atoms with Crippen molar-refractivity contribution in [3.05, 3.63) is 36.1 Å². The first-order valence-corrected chi connectivity index (χ1v) is 5.05.